The quantitative estimate of drug-likeness (QED) is 0.703. The monoisotopic (exact) mass is 281 g/mol. The van der Waals surface area contributed by atoms with Gasteiger partial charge < -0.3 is 24.8 Å². The molecule has 0 spiro atoms. The highest BCUT2D eigenvalue weighted by Crippen LogP contribution is 2.12. The maximum atomic E-state index is 11.4. The van der Waals surface area contributed by atoms with Crippen molar-refractivity contribution in [2.45, 2.75) is 32.8 Å². The minimum Gasteiger partial charge on any atom is -0.512 e. The molecule has 0 atom stereocenters. The minimum atomic E-state index is -1.82. The molecule has 0 saturated carbocycles. The van der Waals surface area contributed by atoms with E-state index in [4.69, 9.17) is 14.8 Å². The largest absolute Gasteiger partial charge is 0.707 e. The average molecular weight is 281 g/mol. The average Bonchev–Trinajstić information content (AvgIpc) is 2.28. The van der Waals surface area contributed by atoms with Crippen molar-refractivity contribution in [2.75, 3.05) is 6.54 Å². The Hall–Kier alpha value is -1.73. The number of nitrogens with one attached hydrogen (secondary N) is 1. The molecule has 0 aliphatic rings. The number of alkyl carbamates (subject to hydrolysis) is 1. The number of hydrogen-bond acceptors (Lipinski definition) is 5. The van der Waals surface area contributed by atoms with E-state index in [1.807, 2.05) is 0 Å². The summed E-state index contributed by atoms with van der Waals surface area (Å²) in [6.07, 6.45) is 0.196. The van der Waals surface area contributed by atoms with Gasteiger partial charge in [0.05, 0.1) is 0 Å². The van der Waals surface area contributed by atoms with Crippen molar-refractivity contribution >= 4 is 13.4 Å². The van der Waals surface area contributed by atoms with Crippen LogP contribution in [0.1, 0.15) is 26.3 Å². The second-order valence-electron chi connectivity index (χ2n) is 5.27. The highest BCUT2D eigenvalue weighted by Gasteiger charge is 2.15. The van der Waals surface area contributed by atoms with E-state index < -0.39 is 19.0 Å². The van der Waals surface area contributed by atoms with Gasteiger partial charge in [-0.05, 0) is 44.9 Å². The molecule has 0 bridgehead atoms. The van der Waals surface area contributed by atoms with Crippen LogP contribution < -0.4 is 9.97 Å². The zero-order valence-electron chi connectivity index (χ0n) is 11.9. The predicted octanol–water partition coefficient (Wildman–Crippen LogP) is 1.10. The molecule has 1 aromatic carbocycles. The van der Waals surface area contributed by atoms with E-state index in [1.165, 1.54) is 0 Å². The van der Waals surface area contributed by atoms with Gasteiger partial charge in [0, 0.05) is 6.54 Å². The van der Waals surface area contributed by atoms with Gasteiger partial charge in [0.2, 0.25) is 0 Å². The van der Waals surface area contributed by atoms with Crippen molar-refractivity contribution in [3.05, 3.63) is 29.8 Å². The zero-order valence-corrected chi connectivity index (χ0v) is 11.9. The Morgan fingerprint density at radius 2 is 1.85 bits per heavy atom. The number of rotatable bonds is 5. The molecule has 0 aromatic heterocycles. The van der Waals surface area contributed by atoms with Gasteiger partial charge in [0.1, 0.15) is 11.4 Å². The Morgan fingerprint density at radius 3 is 2.35 bits per heavy atom. The molecular weight excluding hydrogens is 261 g/mol. The SMILES string of the molecule is CC(C)(C)OC(=O)NCCc1ccc(OB(O)O)cc1. The Morgan fingerprint density at radius 1 is 1.25 bits per heavy atom. The molecule has 1 rings (SSSR count). The second-order valence-corrected chi connectivity index (χ2v) is 5.27. The minimum absolute atomic E-state index is 0.365. The Balaban J connectivity index is 2.33. The highest BCUT2D eigenvalue weighted by molar-refractivity contribution is 6.33. The lowest BCUT2D eigenvalue weighted by Gasteiger charge is -2.19. The molecule has 6 nitrogen and oxygen atoms in total. The Labute approximate surface area is 118 Å². The molecule has 1 aromatic rings. The third kappa shape index (κ3) is 7.01. The van der Waals surface area contributed by atoms with Crippen molar-refractivity contribution < 1.29 is 24.2 Å². The van der Waals surface area contributed by atoms with Gasteiger partial charge >= 0.3 is 13.4 Å². The van der Waals surface area contributed by atoms with Crippen LogP contribution in [0.2, 0.25) is 0 Å². The van der Waals surface area contributed by atoms with Crippen molar-refractivity contribution in [3.63, 3.8) is 0 Å². The van der Waals surface area contributed by atoms with Crippen molar-refractivity contribution in [1.29, 1.82) is 0 Å². The van der Waals surface area contributed by atoms with Crippen LogP contribution in [-0.2, 0) is 11.2 Å². The molecule has 110 valence electrons. The fourth-order valence-electron chi connectivity index (χ4n) is 1.48. The molecule has 0 radical (unpaired) electrons. The third-order valence-corrected chi connectivity index (χ3v) is 2.25. The van der Waals surface area contributed by atoms with E-state index in [2.05, 4.69) is 9.97 Å². The van der Waals surface area contributed by atoms with Gasteiger partial charge in [-0.2, -0.15) is 0 Å². The number of benzene rings is 1. The van der Waals surface area contributed by atoms with E-state index in [0.29, 0.717) is 18.7 Å². The first-order valence-corrected chi connectivity index (χ1v) is 6.35. The van der Waals surface area contributed by atoms with Gasteiger partial charge in [-0.25, -0.2) is 4.79 Å². The van der Waals surface area contributed by atoms with Crippen LogP contribution in [-0.4, -0.2) is 35.6 Å². The number of amides is 1. The molecule has 3 N–H and O–H groups in total. The second kappa shape index (κ2) is 7.16. The Bertz CT molecular complexity index is 427. The molecule has 0 heterocycles. The molecule has 0 aliphatic heterocycles. The predicted molar refractivity (Wildman–Crippen MR) is 75.2 cm³/mol. The van der Waals surface area contributed by atoms with E-state index in [-0.39, 0.29) is 0 Å². The van der Waals surface area contributed by atoms with Gasteiger partial charge in [0.15, 0.2) is 0 Å². The molecule has 0 unspecified atom stereocenters. The summed E-state index contributed by atoms with van der Waals surface area (Å²) in [6, 6.07) is 6.83. The fourth-order valence-corrected chi connectivity index (χ4v) is 1.48. The molecule has 1 amide bonds. The van der Waals surface area contributed by atoms with Crippen LogP contribution in [0.4, 0.5) is 4.79 Å². The van der Waals surface area contributed by atoms with Crippen LogP contribution >= 0.6 is 0 Å². The summed E-state index contributed by atoms with van der Waals surface area (Å²) in [4.78, 5) is 11.4. The first-order chi connectivity index (χ1) is 9.26. The number of hydrogen-bond donors (Lipinski definition) is 3. The zero-order chi connectivity index (χ0) is 15.2. The number of carbonyl (C=O) groups excluding carboxylic acids is 1. The van der Waals surface area contributed by atoms with Gasteiger partial charge in [-0.15, -0.1) is 0 Å². The van der Waals surface area contributed by atoms with E-state index in [9.17, 15) is 4.79 Å². The topological polar surface area (TPSA) is 88.0 Å². The van der Waals surface area contributed by atoms with E-state index in [0.717, 1.165) is 5.56 Å². The standard InChI is InChI=1S/C13H20BNO5/c1-13(2,3)19-12(16)15-9-8-10-4-6-11(7-5-10)20-14(17)18/h4-7,17-18H,8-9H2,1-3H3,(H,15,16). The summed E-state index contributed by atoms with van der Waals surface area (Å²) in [5.74, 6) is 0.365. The molecular formula is C13H20BNO5. The van der Waals surface area contributed by atoms with Crippen molar-refractivity contribution in [1.82, 2.24) is 5.32 Å². The van der Waals surface area contributed by atoms with Crippen molar-refractivity contribution in [2.24, 2.45) is 0 Å². The summed E-state index contributed by atoms with van der Waals surface area (Å²) in [5, 5.41) is 19.9. The third-order valence-electron chi connectivity index (χ3n) is 2.25. The van der Waals surface area contributed by atoms with Crippen LogP contribution in [0.5, 0.6) is 5.75 Å². The summed E-state index contributed by atoms with van der Waals surface area (Å²) >= 11 is 0. The fraction of sp³-hybridized carbons (Fsp3) is 0.462. The van der Waals surface area contributed by atoms with Gasteiger partial charge in [-0.1, -0.05) is 12.1 Å². The molecule has 20 heavy (non-hydrogen) atoms. The normalized spacial score (nSPS) is 10.8. The lowest BCUT2D eigenvalue weighted by Crippen LogP contribution is -2.33. The number of carbonyl (C=O) groups is 1. The lowest BCUT2D eigenvalue weighted by molar-refractivity contribution is 0.0528. The Kier molecular flexibility index (Phi) is 5.85. The number of ether oxygens (including phenoxy) is 1. The smallest absolute Gasteiger partial charge is 0.512 e. The molecule has 0 saturated heterocycles. The van der Waals surface area contributed by atoms with Gasteiger partial charge in [-0.3, -0.25) is 0 Å². The highest BCUT2D eigenvalue weighted by atomic mass is 16.6. The van der Waals surface area contributed by atoms with Crippen molar-refractivity contribution in [3.8, 4) is 5.75 Å². The van der Waals surface area contributed by atoms with Crippen LogP contribution in [0.15, 0.2) is 24.3 Å². The molecule has 0 aliphatic carbocycles. The summed E-state index contributed by atoms with van der Waals surface area (Å²) in [5.41, 5.74) is 0.481. The molecule has 0 fully saturated rings. The lowest BCUT2D eigenvalue weighted by atomic mass is 10.1. The maximum absolute atomic E-state index is 11.4. The van der Waals surface area contributed by atoms with Gasteiger partial charge in [0.25, 0.3) is 0 Å². The van der Waals surface area contributed by atoms with Crippen LogP contribution in [0, 0.1) is 0 Å². The summed E-state index contributed by atoms with van der Waals surface area (Å²) < 4.78 is 9.80. The summed E-state index contributed by atoms with van der Waals surface area (Å²) in [6.45, 7) is 5.88. The molecule has 7 heteroatoms. The van der Waals surface area contributed by atoms with Crippen LogP contribution in [0.3, 0.4) is 0 Å². The first-order valence-electron chi connectivity index (χ1n) is 6.35. The summed E-state index contributed by atoms with van der Waals surface area (Å²) in [7, 11) is -1.82. The first kappa shape index (κ1) is 16.3. The van der Waals surface area contributed by atoms with Crippen LogP contribution in [0.25, 0.3) is 0 Å². The van der Waals surface area contributed by atoms with E-state index >= 15 is 0 Å². The maximum Gasteiger partial charge on any atom is 0.707 e. The van der Waals surface area contributed by atoms with E-state index in [1.54, 1.807) is 45.0 Å².